The number of alkyl halides is 3. The average molecular weight is 429 g/mol. The average Bonchev–Trinajstić information content (AvgIpc) is 3.21. The number of H-pyrrole nitrogens is 1. The zero-order valence-electron chi connectivity index (χ0n) is 16.7. The number of aromatic nitrogens is 1. The first-order valence-corrected chi connectivity index (χ1v) is 10.1. The van der Waals surface area contributed by atoms with Gasteiger partial charge in [0, 0.05) is 30.5 Å². The molecule has 2 N–H and O–H groups in total. The van der Waals surface area contributed by atoms with Crippen molar-refractivity contribution in [2.24, 2.45) is 5.92 Å². The van der Waals surface area contributed by atoms with Gasteiger partial charge in [0.05, 0.1) is 11.5 Å². The second-order valence-corrected chi connectivity index (χ2v) is 7.78. The zero-order chi connectivity index (χ0) is 22.0. The molecule has 0 radical (unpaired) electrons. The Hall–Kier alpha value is -3.29. The highest BCUT2D eigenvalue weighted by Crippen LogP contribution is 2.29. The fourth-order valence-electron chi connectivity index (χ4n) is 3.93. The summed E-state index contributed by atoms with van der Waals surface area (Å²) in [6.45, 7) is 0.851. The summed E-state index contributed by atoms with van der Waals surface area (Å²) in [5.74, 6) is -0.814. The van der Waals surface area contributed by atoms with Gasteiger partial charge in [-0.25, -0.2) is 0 Å². The van der Waals surface area contributed by atoms with Crippen molar-refractivity contribution in [3.8, 4) is 0 Å². The number of aromatic amines is 1. The van der Waals surface area contributed by atoms with E-state index in [1.165, 1.54) is 6.07 Å². The minimum Gasteiger partial charge on any atom is -0.352 e. The van der Waals surface area contributed by atoms with Gasteiger partial charge >= 0.3 is 6.18 Å². The third-order valence-electron chi connectivity index (χ3n) is 5.56. The van der Waals surface area contributed by atoms with Crippen LogP contribution in [0.2, 0.25) is 0 Å². The standard InChI is InChI=1S/C23H22F3N3O2/c24-23(25,26)18-8-3-5-15(11-18)13-27-21(30)17-7-4-10-29(14-17)22(31)20-12-16-6-1-2-9-19(16)28-20/h1-3,5-6,8-9,11-12,17,28H,4,7,10,13-14H2,(H,27,30)/t17-/m1/s1. The molecule has 1 fully saturated rings. The number of carbonyl (C=O) groups excluding carboxylic acids is 2. The Morgan fingerprint density at radius 1 is 1.10 bits per heavy atom. The molecule has 31 heavy (non-hydrogen) atoms. The molecule has 0 spiro atoms. The number of amides is 2. The number of carbonyl (C=O) groups is 2. The molecule has 162 valence electrons. The molecule has 4 rings (SSSR count). The highest BCUT2D eigenvalue weighted by Gasteiger charge is 2.31. The number of piperidine rings is 1. The summed E-state index contributed by atoms with van der Waals surface area (Å²) < 4.78 is 38.6. The quantitative estimate of drug-likeness (QED) is 0.648. The van der Waals surface area contributed by atoms with Gasteiger partial charge in [-0.15, -0.1) is 0 Å². The molecular formula is C23H22F3N3O2. The van der Waals surface area contributed by atoms with E-state index in [9.17, 15) is 22.8 Å². The number of hydrogen-bond acceptors (Lipinski definition) is 2. The number of rotatable bonds is 4. The highest BCUT2D eigenvalue weighted by molar-refractivity contribution is 5.98. The van der Waals surface area contributed by atoms with Gasteiger partial charge in [-0.05, 0) is 42.7 Å². The van der Waals surface area contributed by atoms with E-state index in [1.54, 1.807) is 17.0 Å². The van der Waals surface area contributed by atoms with Gasteiger partial charge in [-0.2, -0.15) is 13.2 Å². The fraction of sp³-hybridized carbons (Fsp3) is 0.304. The van der Waals surface area contributed by atoms with Crippen LogP contribution in [0.1, 0.15) is 34.5 Å². The third-order valence-corrected chi connectivity index (χ3v) is 5.56. The van der Waals surface area contributed by atoms with Crippen molar-refractivity contribution in [3.05, 3.63) is 71.4 Å². The lowest BCUT2D eigenvalue weighted by molar-refractivity contribution is -0.137. The normalized spacial score (nSPS) is 17.0. The van der Waals surface area contributed by atoms with Crippen LogP contribution >= 0.6 is 0 Å². The van der Waals surface area contributed by atoms with Crippen molar-refractivity contribution in [1.29, 1.82) is 0 Å². The number of likely N-dealkylation sites (tertiary alicyclic amines) is 1. The van der Waals surface area contributed by atoms with Crippen molar-refractivity contribution in [3.63, 3.8) is 0 Å². The summed E-state index contributed by atoms with van der Waals surface area (Å²) in [5.41, 5.74) is 0.987. The summed E-state index contributed by atoms with van der Waals surface area (Å²) in [6, 6.07) is 14.3. The topological polar surface area (TPSA) is 65.2 Å². The number of benzene rings is 2. The van der Waals surface area contributed by atoms with Crippen LogP contribution in [0.15, 0.2) is 54.6 Å². The molecule has 5 nitrogen and oxygen atoms in total. The largest absolute Gasteiger partial charge is 0.416 e. The van der Waals surface area contributed by atoms with E-state index >= 15 is 0 Å². The monoisotopic (exact) mass is 429 g/mol. The molecule has 2 heterocycles. The molecule has 1 aliphatic rings. The SMILES string of the molecule is O=C(NCc1cccc(C(F)(F)F)c1)[C@@H]1CCCN(C(=O)c2cc3ccccc3[nH]2)C1. The highest BCUT2D eigenvalue weighted by atomic mass is 19.4. The van der Waals surface area contributed by atoms with E-state index in [2.05, 4.69) is 10.3 Å². The lowest BCUT2D eigenvalue weighted by Crippen LogP contribution is -2.45. The molecule has 0 bridgehead atoms. The van der Waals surface area contributed by atoms with Crippen molar-refractivity contribution in [2.45, 2.75) is 25.6 Å². The summed E-state index contributed by atoms with van der Waals surface area (Å²) in [4.78, 5) is 30.3. The maximum atomic E-state index is 12.9. The molecule has 2 amide bonds. The van der Waals surface area contributed by atoms with E-state index in [0.29, 0.717) is 30.6 Å². The molecule has 2 aromatic carbocycles. The van der Waals surface area contributed by atoms with Crippen LogP contribution in [0.25, 0.3) is 10.9 Å². The Kier molecular flexibility index (Phi) is 5.71. The van der Waals surface area contributed by atoms with Crippen LogP contribution in [0.4, 0.5) is 13.2 Å². The third kappa shape index (κ3) is 4.73. The van der Waals surface area contributed by atoms with E-state index < -0.39 is 17.7 Å². The van der Waals surface area contributed by atoms with E-state index in [1.807, 2.05) is 24.3 Å². The molecule has 0 saturated carbocycles. The Labute approximate surface area is 177 Å². The minimum absolute atomic E-state index is 0.00914. The maximum Gasteiger partial charge on any atom is 0.416 e. The van der Waals surface area contributed by atoms with Crippen LogP contribution in [0, 0.1) is 5.92 Å². The summed E-state index contributed by atoms with van der Waals surface area (Å²) in [5, 5.41) is 3.66. The van der Waals surface area contributed by atoms with Crippen LogP contribution in [-0.2, 0) is 17.5 Å². The van der Waals surface area contributed by atoms with Gasteiger partial charge in [0.1, 0.15) is 5.69 Å². The maximum absolute atomic E-state index is 12.9. The molecule has 1 atom stereocenters. The fourth-order valence-corrected chi connectivity index (χ4v) is 3.93. The van der Waals surface area contributed by atoms with Crippen molar-refractivity contribution in [1.82, 2.24) is 15.2 Å². The zero-order valence-corrected chi connectivity index (χ0v) is 16.7. The van der Waals surface area contributed by atoms with E-state index in [-0.39, 0.29) is 24.9 Å². The number of hydrogen-bond donors (Lipinski definition) is 2. The van der Waals surface area contributed by atoms with Gasteiger partial charge < -0.3 is 15.2 Å². The molecule has 3 aromatic rings. The van der Waals surface area contributed by atoms with Gasteiger partial charge in [0.2, 0.25) is 5.91 Å². The second kappa shape index (κ2) is 8.45. The smallest absolute Gasteiger partial charge is 0.352 e. The first-order chi connectivity index (χ1) is 14.8. The van der Waals surface area contributed by atoms with Gasteiger partial charge in [-0.1, -0.05) is 30.3 Å². The molecule has 1 saturated heterocycles. The predicted molar refractivity (Wildman–Crippen MR) is 110 cm³/mol. The Bertz CT molecular complexity index is 1070. The van der Waals surface area contributed by atoms with Gasteiger partial charge in [-0.3, -0.25) is 9.59 Å². The lowest BCUT2D eigenvalue weighted by atomic mass is 9.96. The minimum atomic E-state index is -4.42. The molecule has 0 unspecified atom stereocenters. The number of fused-ring (bicyclic) bond motifs is 1. The first kappa shape index (κ1) is 21.0. The molecule has 8 heteroatoms. The summed E-state index contributed by atoms with van der Waals surface area (Å²) in [7, 11) is 0. The molecule has 1 aromatic heterocycles. The van der Waals surface area contributed by atoms with E-state index in [4.69, 9.17) is 0 Å². The first-order valence-electron chi connectivity index (χ1n) is 10.1. The van der Waals surface area contributed by atoms with Crippen molar-refractivity contribution >= 4 is 22.7 Å². The van der Waals surface area contributed by atoms with E-state index in [0.717, 1.165) is 23.0 Å². The van der Waals surface area contributed by atoms with Crippen molar-refractivity contribution < 1.29 is 22.8 Å². The molecular weight excluding hydrogens is 407 g/mol. The predicted octanol–water partition coefficient (Wildman–Crippen LogP) is 4.36. The van der Waals surface area contributed by atoms with Gasteiger partial charge in [0.15, 0.2) is 0 Å². The number of halogens is 3. The number of nitrogens with one attached hydrogen (secondary N) is 2. The van der Waals surface area contributed by atoms with Crippen LogP contribution in [0.5, 0.6) is 0 Å². The Balaban J connectivity index is 1.38. The lowest BCUT2D eigenvalue weighted by Gasteiger charge is -2.31. The van der Waals surface area contributed by atoms with Crippen LogP contribution in [-0.4, -0.2) is 34.8 Å². The van der Waals surface area contributed by atoms with Crippen molar-refractivity contribution in [2.75, 3.05) is 13.1 Å². The summed E-state index contributed by atoms with van der Waals surface area (Å²) >= 11 is 0. The van der Waals surface area contributed by atoms with Crippen LogP contribution in [0.3, 0.4) is 0 Å². The molecule has 0 aliphatic carbocycles. The Morgan fingerprint density at radius 2 is 1.90 bits per heavy atom. The Morgan fingerprint density at radius 3 is 2.68 bits per heavy atom. The van der Waals surface area contributed by atoms with Crippen LogP contribution < -0.4 is 5.32 Å². The number of nitrogens with zero attached hydrogens (tertiary/aromatic N) is 1. The number of para-hydroxylation sites is 1. The molecule has 1 aliphatic heterocycles. The van der Waals surface area contributed by atoms with Gasteiger partial charge in [0.25, 0.3) is 5.91 Å². The summed E-state index contributed by atoms with van der Waals surface area (Å²) in [6.07, 6.45) is -3.11. The second-order valence-electron chi connectivity index (χ2n) is 7.78.